The molecule has 0 radical (unpaired) electrons. The predicted octanol–water partition coefficient (Wildman–Crippen LogP) is 2.48. The van der Waals surface area contributed by atoms with Gasteiger partial charge in [-0.1, -0.05) is 13.3 Å². The molecule has 2 unspecified atom stereocenters. The van der Waals surface area contributed by atoms with Gasteiger partial charge in [-0.25, -0.2) is 0 Å². The molecule has 1 saturated carbocycles. The van der Waals surface area contributed by atoms with E-state index in [-0.39, 0.29) is 6.03 Å². The summed E-state index contributed by atoms with van der Waals surface area (Å²) in [5, 5.41) is 0. The number of hydrogen-bond donors (Lipinski definition) is 0. The molecule has 1 aromatic rings. The third-order valence-corrected chi connectivity index (χ3v) is 3.90. The van der Waals surface area contributed by atoms with Gasteiger partial charge in [0.2, 0.25) is 0 Å². The molecule has 0 aromatic carbocycles. The van der Waals surface area contributed by atoms with Crippen LogP contribution in [0.1, 0.15) is 38.3 Å². The highest BCUT2D eigenvalue weighted by atomic mass is 16.2. The average molecular weight is 217 g/mol. The van der Waals surface area contributed by atoms with Crippen LogP contribution in [0.3, 0.4) is 0 Å². The lowest BCUT2D eigenvalue weighted by Gasteiger charge is -2.26. The molecule has 2 aliphatic rings. The van der Waals surface area contributed by atoms with Crippen LogP contribution in [0.25, 0.3) is 0 Å². The second-order valence-corrected chi connectivity index (χ2v) is 4.95. The van der Waals surface area contributed by atoms with Gasteiger partial charge in [-0.2, -0.15) is 13.9 Å². The van der Waals surface area contributed by atoms with Gasteiger partial charge in [0, 0.05) is 0 Å². The Hall–Kier alpha value is -1.38. The number of hydrogen-bond acceptors (Lipinski definition) is 1. The van der Waals surface area contributed by atoms with Crippen LogP contribution in [-0.2, 0) is 0 Å². The van der Waals surface area contributed by atoms with E-state index in [1.54, 1.807) is 4.57 Å². The van der Waals surface area contributed by atoms with E-state index in [1.807, 2.05) is 29.1 Å². The first-order valence-corrected chi connectivity index (χ1v) is 6.12. The second-order valence-electron chi connectivity index (χ2n) is 4.95. The summed E-state index contributed by atoms with van der Waals surface area (Å²) in [6.45, 7) is 2.26. The molecule has 0 N–H and O–H groups in total. The predicted molar refractivity (Wildman–Crippen MR) is 62.1 cm³/mol. The van der Waals surface area contributed by atoms with Gasteiger partial charge in [-0.05, 0) is 37.3 Å². The molecule has 0 spiro atoms. The van der Waals surface area contributed by atoms with Gasteiger partial charge < -0.3 is 0 Å². The highest BCUT2D eigenvalue weighted by molar-refractivity contribution is 5.90. The minimum atomic E-state index is 0.124. The van der Waals surface area contributed by atoms with Crippen molar-refractivity contribution in [1.82, 2.24) is 4.57 Å². The average Bonchev–Trinajstić information content (AvgIpc) is 2.83. The van der Waals surface area contributed by atoms with Crippen molar-refractivity contribution in [2.75, 3.05) is 0 Å². The minimum Gasteiger partial charge on any atom is -0.196 e. The zero-order chi connectivity index (χ0) is 11.1. The first-order chi connectivity index (χ1) is 7.77. The van der Waals surface area contributed by atoms with Crippen molar-refractivity contribution in [2.24, 2.45) is 5.92 Å². The Bertz CT molecular complexity index is 458. The molecule has 2 heterocycles. The normalized spacial score (nSPS) is 29.1. The molecular formula is C13H17N2O+. The molecule has 84 valence electrons. The number of rotatable bonds is 1. The lowest BCUT2D eigenvalue weighted by molar-refractivity contribution is -0.478. The Morgan fingerprint density at radius 2 is 2.19 bits per heavy atom. The Kier molecular flexibility index (Phi) is 2.20. The fourth-order valence-corrected chi connectivity index (χ4v) is 2.94. The molecule has 1 aliphatic heterocycles. The Labute approximate surface area is 95.4 Å². The molecular weight excluding hydrogens is 200 g/mol. The van der Waals surface area contributed by atoms with Crippen molar-refractivity contribution in [1.29, 1.82) is 0 Å². The monoisotopic (exact) mass is 217 g/mol. The summed E-state index contributed by atoms with van der Waals surface area (Å²) >= 11 is 0. The fourth-order valence-electron chi connectivity index (χ4n) is 2.94. The van der Waals surface area contributed by atoms with Crippen molar-refractivity contribution in [2.45, 2.75) is 38.6 Å². The Morgan fingerprint density at radius 1 is 1.38 bits per heavy atom. The highest BCUT2D eigenvalue weighted by Gasteiger charge is 2.38. The highest BCUT2D eigenvalue weighted by Crippen LogP contribution is 2.27. The van der Waals surface area contributed by atoms with Crippen LogP contribution in [0.5, 0.6) is 0 Å². The quantitative estimate of drug-likeness (QED) is 0.663. The molecule has 3 nitrogen and oxygen atoms in total. The number of carbonyl (C=O) groups excluding carboxylic acids is 1. The van der Waals surface area contributed by atoms with Gasteiger partial charge in [-0.3, -0.25) is 0 Å². The van der Waals surface area contributed by atoms with Crippen LogP contribution in [-0.4, -0.2) is 27.4 Å². The van der Waals surface area contributed by atoms with E-state index >= 15 is 0 Å². The number of fused-ring (bicyclic) bond motifs is 1. The summed E-state index contributed by atoms with van der Waals surface area (Å²) in [4.78, 5) is 12.2. The summed E-state index contributed by atoms with van der Waals surface area (Å²) in [7, 11) is 0. The molecule has 1 aromatic heterocycles. The standard InChI is InChI=1S/C13H17N2O/c1-10-5-2-3-7-12(10)15-9-11-6-4-8-14(11)13(15)16/h4,6,8-10,12H,2-3,5,7H2,1H3/q+1. The zero-order valence-electron chi connectivity index (χ0n) is 9.60. The third-order valence-electron chi connectivity index (χ3n) is 3.90. The Balaban J connectivity index is 1.92. The van der Waals surface area contributed by atoms with Crippen molar-refractivity contribution in [3.05, 3.63) is 24.0 Å². The fraction of sp³-hybridized carbons (Fsp3) is 0.538. The first kappa shape index (κ1) is 9.82. The van der Waals surface area contributed by atoms with Crippen LogP contribution in [0.4, 0.5) is 4.79 Å². The van der Waals surface area contributed by atoms with Crippen LogP contribution < -0.4 is 0 Å². The molecule has 1 aliphatic carbocycles. The SMILES string of the molecule is CC1CCCCC1[N+]1=Cc2cccn2C1=O. The number of aromatic nitrogens is 1. The van der Waals surface area contributed by atoms with E-state index in [2.05, 4.69) is 6.92 Å². The summed E-state index contributed by atoms with van der Waals surface area (Å²) in [5.74, 6) is 0.624. The maximum atomic E-state index is 12.2. The van der Waals surface area contributed by atoms with Gasteiger partial charge in [0.15, 0.2) is 5.69 Å². The molecule has 3 rings (SSSR count). The third kappa shape index (κ3) is 1.34. The van der Waals surface area contributed by atoms with Gasteiger partial charge in [0.1, 0.15) is 18.5 Å². The summed E-state index contributed by atoms with van der Waals surface area (Å²) in [6.07, 6.45) is 8.81. The van der Waals surface area contributed by atoms with Crippen molar-refractivity contribution < 1.29 is 9.37 Å². The zero-order valence-corrected chi connectivity index (χ0v) is 9.60. The molecule has 0 saturated heterocycles. The van der Waals surface area contributed by atoms with Crippen LogP contribution in [0, 0.1) is 5.92 Å². The molecule has 2 atom stereocenters. The van der Waals surface area contributed by atoms with Crippen molar-refractivity contribution in [3.8, 4) is 0 Å². The number of carbonyl (C=O) groups is 1. The number of nitrogens with zero attached hydrogens (tertiary/aromatic N) is 2. The van der Waals surface area contributed by atoms with Crippen LogP contribution in [0.2, 0.25) is 0 Å². The van der Waals surface area contributed by atoms with E-state index in [0.29, 0.717) is 12.0 Å². The maximum Gasteiger partial charge on any atom is 0.503 e. The molecule has 3 heteroatoms. The molecule has 16 heavy (non-hydrogen) atoms. The molecule has 1 fully saturated rings. The lowest BCUT2D eigenvalue weighted by Crippen LogP contribution is -2.37. The van der Waals surface area contributed by atoms with Gasteiger partial charge in [0.25, 0.3) is 0 Å². The van der Waals surface area contributed by atoms with Crippen LogP contribution in [0.15, 0.2) is 18.3 Å². The largest absolute Gasteiger partial charge is 0.503 e. The van der Waals surface area contributed by atoms with E-state index in [9.17, 15) is 4.79 Å². The van der Waals surface area contributed by atoms with Crippen molar-refractivity contribution in [3.63, 3.8) is 0 Å². The maximum absolute atomic E-state index is 12.2. The summed E-state index contributed by atoms with van der Waals surface area (Å²) < 4.78 is 3.68. The van der Waals surface area contributed by atoms with Gasteiger partial charge >= 0.3 is 6.03 Å². The van der Waals surface area contributed by atoms with E-state index in [1.165, 1.54) is 19.3 Å². The summed E-state index contributed by atoms with van der Waals surface area (Å²) in [6, 6.07) is 4.44. The lowest BCUT2D eigenvalue weighted by atomic mass is 9.85. The Morgan fingerprint density at radius 3 is 2.94 bits per heavy atom. The van der Waals surface area contributed by atoms with Crippen LogP contribution >= 0.6 is 0 Å². The smallest absolute Gasteiger partial charge is 0.196 e. The topological polar surface area (TPSA) is 25.0 Å². The summed E-state index contributed by atoms with van der Waals surface area (Å²) in [5.41, 5.74) is 1.02. The van der Waals surface area contributed by atoms with E-state index in [0.717, 1.165) is 12.1 Å². The minimum absolute atomic E-state index is 0.124. The van der Waals surface area contributed by atoms with E-state index < -0.39 is 0 Å². The van der Waals surface area contributed by atoms with Gasteiger partial charge in [-0.15, -0.1) is 0 Å². The first-order valence-electron chi connectivity index (χ1n) is 6.12. The second kappa shape index (κ2) is 3.58. The van der Waals surface area contributed by atoms with Crippen molar-refractivity contribution >= 4 is 12.2 Å². The molecule has 1 amide bonds. The van der Waals surface area contributed by atoms with Gasteiger partial charge in [0.05, 0.1) is 0 Å². The number of amides is 1. The molecule has 0 bridgehead atoms. The van der Waals surface area contributed by atoms with E-state index in [4.69, 9.17) is 0 Å².